The fourth-order valence-electron chi connectivity index (χ4n) is 2.19. The number of carbonyl (C=O) groups excluding carboxylic acids is 2. The number of carboxylic acid groups (broad SMARTS) is 1. The maximum atomic E-state index is 12.4. The standard InChI is InChI=1S/C19H23N3O7/c1-5-6-14(21-18(26)29-19(2,3)4)16(23)10-8-12-7-9-13(20-17(24)25)11-15(12)22(27)28/h5,7-11,14,20H,1,6H2,2-4H3,(H,21,26)(H,24,25)/t14-/m0/s1. The summed E-state index contributed by atoms with van der Waals surface area (Å²) in [7, 11) is 0. The van der Waals surface area contributed by atoms with Crippen molar-refractivity contribution < 1.29 is 29.2 Å². The van der Waals surface area contributed by atoms with Crippen LogP contribution in [0.5, 0.6) is 0 Å². The van der Waals surface area contributed by atoms with Crippen LogP contribution in [-0.2, 0) is 9.53 Å². The van der Waals surface area contributed by atoms with Gasteiger partial charge in [-0.2, -0.15) is 0 Å². The zero-order chi connectivity index (χ0) is 22.2. The molecule has 0 aliphatic rings. The lowest BCUT2D eigenvalue weighted by Gasteiger charge is -2.22. The summed E-state index contributed by atoms with van der Waals surface area (Å²) in [4.78, 5) is 45.6. The quantitative estimate of drug-likeness (QED) is 0.258. The highest BCUT2D eigenvalue weighted by Gasteiger charge is 2.22. The Hall–Kier alpha value is -3.69. The molecule has 10 heteroatoms. The number of ether oxygens (including phenoxy) is 1. The lowest BCUT2D eigenvalue weighted by Crippen LogP contribution is -2.42. The third kappa shape index (κ3) is 8.24. The Labute approximate surface area is 167 Å². The summed E-state index contributed by atoms with van der Waals surface area (Å²) in [5.74, 6) is -0.516. The van der Waals surface area contributed by atoms with Crippen LogP contribution >= 0.6 is 0 Å². The maximum absolute atomic E-state index is 12.4. The Kier molecular flexibility index (Phi) is 8.07. The van der Waals surface area contributed by atoms with E-state index in [0.717, 1.165) is 12.1 Å². The van der Waals surface area contributed by atoms with Crippen molar-refractivity contribution in [2.45, 2.75) is 38.8 Å². The van der Waals surface area contributed by atoms with Crippen LogP contribution < -0.4 is 10.6 Å². The number of hydrogen-bond acceptors (Lipinski definition) is 6. The molecule has 0 bridgehead atoms. The second kappa shape index (κ2) is 10.0. The molecular formula is C19H23N3O7. The third-order valence-electron chi connectivity index (χ3n) is 3.34. The predicted octanol–water partition coefficient (Wildman–Crippen LogP) is 3.74. The summed E-state index contributed by atoms with van der Waals surface area (Å²) in [5, 5.41) is 24.4. The highest BCUT2D eigenvalue weighted by Crippen LogP contribution is 2.24. The number of carbonyl (C=O) groups is 3. The molecule has 29 heavy (non-hydrogen) atoms. The van der Waals surface area contributed by atoms with E-state index in [2.05, 4.69) is 11.9 Å². The second-order valence-electron chi connectivity index (χ2n) is 6.92. The Balaban J connectivity index is 3.02. The predicted molar refractivity (Wildman–Crippen MR) is 107 cm³/mol. The van der Waals surface area contributed by atoms with E-state index in [1.807, 2.05) is 5.32 Å². The first kappa shape index (κ1) is 23.3. The van der Waals surface area contributed by atoms with Gasteiger partial charge in [0, 0.05) is 6.07 Å². The van der Waals surface area contributed by atoms with E-state index in [9.17, 15) is 24.5 Å². The zero-order valence-corrected chi connectivity index (χ0v) is 16.3. The van der Waals surface area contributed by atoms with Gasteiger partial charge < -0.3 is 15.2 Å². The Morgan fingerprint density at radius 3 is 2.52 bits per heavy atom. The van der Waals surface area contributed by atoms with Crippen molar-refractivity contribution in [3.8, 4) is 0 Å². The van der Waals surface area contributed by atoms with Crippen molar-refractivity contribution in [3.63, 3.8) is 0 Å². The Morgan fingerprint density at radius 1 is 1.34 bits per heavy atom. The van der Waals surface area contributed by atoms with Crippen LogP contribution in [-0.4, -0.2) is 39.6 Å². The Bertz CT molecular complexity index is 841. The first-order valence-corrected chi connectivity index (χ1v) is 8.53. The molecule has 0 aliphatic heterocycles. The topological polar surface area (TPSA) is 148 Å². The van der Waals surface area contributed by atoms with Gasteiger partial charge in [0.1, 0.15) is 5.60 Å². The van der Waals surface area contributed by atoms with E-state index < -0.39 is 34.5 Å². The number of nitrogens with zero attached hydrogens (tertiary/aromatic N) is 1. The molecule has 1 atom stereocenters. The number of amides is 2. The van der Waals surface area contributed by atoms with E-state index >= 15 is 0 Å². The molecule has 3 N–H and O–H groups in total. The van der Waals surface area contributed by atoms with Crippen molar-refractivity contribution in [2.75, 3.05) is 5.32 Å². The van der Waals surface area contributed by atoms with Gasteiger partial charge >= 0.3 is 12.2 Å². The fourth-order valence-corrected chi connectivity index (χ4v) is 2.19. The highest BCUT2D eigenvalue weighted by molar-refractivity contribution is 5.99. The van der Waals surface area contributed by atoms with Gasteiger partial charge in [-0.05, 0) is 51.5 Å². The minimum Gasteiger partial charge on any atom is -0.465 e. The molecule has 0 aliphatic carbocycles. The van der Waals surface area contributed by atoms with Gasteiger partial charge in [0.25, 0.3) is 5.69 Å². The van der Waals surface area contributed by atoms with Crippen molar-refractivity contribution in [2.24, 2.45) is 0 Å². The lowest BCUT2D eigenvalue weighted by molar-refractivity contribution is -0.385. The normalized spacial score (nSPS) is 12.1. The summed E-state index contributed by atoms with van der Waals surface area (Å²) in [6.45, 7) is 8.58. The van der Waals surface area contributed by atoms with Crippen LogP contribution in [0.4, 0.5) is 21.0 Å². The minimum absolute atomic E-state index is 0.0174. The summed E-state index contributed by atoms with van der Waals surface area (Å²) in [6.07, 6.45) is 1.75. The highest BCUT2D eigenvalue weighted by atomic mass is 16.6. The average molecular weight is 405 g/mol. The van der Waals surface area contributed by atoms with Gasteiger partial charge in [-0.3, -0.25) is 20.2 Å². The summed E-state index contributed by atoms with van der Waals surface area (Å²) in [6, 6.07) is 2.71. The third-order valence-corrected chi connectivity index (χ3v) is 3.34. The fraction of sp³-hybridized carbons (Fsp3) is 0.316. The molecule has 2 amide bonds. The molecule has 0 saturated heterocycles. The number of benzene rings is 1. The van der Waals surface area contributed by atoms with Crippen LogP contribution in [0.25, 0.3) is 6.08 Å². The lowest BCUT2D eigenvalue weighted by atomic mass is 10.1. The summed E-state index contributed by atoms with van der Waals surface area (Å²) < 4.78 is 5.12. The zero-order valence-electron chi connectivity index (χ0n) is 16.3. The molecule has 0 unspecified atom stereocenters. The van der Waals surface area contributed by atoms with Crippen LogP contribution in [0.3, 0.4) is 0 Å². The number of ketones is 1. The average Bonchev–Trinajstić information content (AvgIpc) is 2.57. The monoisotopic (exact) mass is 405 g/mol. The number of nitro benzene ring substituents is 1. The summed E-state index contributed by atoms with van der Waals surface area (Å²) >= 11 is 0. The molecule has 1 rings (SSSR count). The Morgan fingerprint density at radius 2 is 2.00 bits per heavy atom. The number of rotatable bonds is 8. The number of anilines is 1. The van der Waals surface area contributed by atoms with E-state index in [1.54, 1.807) is 20.8 Å². The number of nitrogens with one attached hydrogen (secondary N) is 2. The van der Waals surface area contributed by atoms with E-state index in [4.69, 9.17) is 9.84 Å². The van der Waals surface area contributed by atoms with Gasteiger partial charge in [0.05, 0.1) is 22.2 Å². The van der Waals surface area contributed by atoms with Crippen LogP contribution in [0.1, 0.15) is 32.8 Å². The molecular weight excluding hydrogens is 382 g/mol. The van der Waals surface area contributed by atoms with E-state index in [0.29, 0.717) is 0 Å². The molecule has 0 spiro atoms. The van der Waals surface area contributed by atoms with Gasteiger partial charge in [0.2, 0.25) is 0 Å². The minimum atomic E-state index is -1.36. The smallest absolute Gasteiger partial charge is 0.409 e. The molecule has 0 radical (unpaired) electrons. The van der Waals surface area contributed by atoms with Crippen molar-refractivity contribution in [1.29, 1.82) is 0 Å². The molecule has 1 aromatic carbocycles. The van der Waals surface area contributed by atoms with Crippen molar-refractivity contribution >= 4 is 35.4 Å². The SMILES string of the molecule is C=CC[C@H](NC(=O)OC(C)(C)C)C(=O)C=Cc1ccc(NC(=O)O)cc1[N+](=O)[O-]. The summed E-state index contributed by atoms with van der Waals surface area (Å²) in [5.41, 5.74) is -1.02. The molecule has 0 fully saturated rings. The molecule has 1 aromatic rings. The maximum Gasteiger partial charge on any atom is 0.409 e. The first-order valence-electron chi connectivity index (χ1n) is 8.53. The van der Waals surface area contributed by atoms with Crippen LogP contribution in [0.2, 0.25) is 0 Å². The molecule has 156 valence electrons. The molecule has 0 heterocycles. The largest absolute Gasteiger partial charge is 0.465 e. The van der Waals surface area contributed by atoms with E-state index in [-0.39, 0.29) is 23.4 Å². The molecule has 0 aromatic heterocycles. The van der Waals surface area contributed by atoms with Crippen molar-refractivity contribution in [1.82, 2.24) is 5.32 Å². The van der Waals surface area contributed by atoms with Crippen LogP contribution in [0, 0.1) is 10.1 Å². The van der Waals surface area contributed by atoms with Gasteiger partial charge in [-0.15, -0.1) is 6.58 Å². The number of hydrogen-bond donors (Lipinski definition) is 3. The van der Waals surface area contributed by atoms with Gasteiger partial charge in [-0.25, -0.2) is 9.59 Å². The van der Waals surface area contributed by atoms with E-state index in [1.165, 1.54) is 24.3 Å². The van der Waals surface area contributed by atoms with Crippen molar-refractivity contribution in [3.05, 3.63) is 52.6 Å². The second-order valence-corrected chi connectivity index (χ2v) is 6.92. The molecule has 0 saturated carbocycles. The first-order chi connectivity index (χ1) is 13.4. The van der Waals surface area contributed by atoms with Crippen LogP contribution in [0.15, 0.2) is 36.9 Å². The number of nitro groups is 1. The van der Waals surface area contributed by atoms with Gasteiger partial charge in [0.15, 0.2) is 5.78 Å². The van der Waals surface area contributed by atoms with Gasteiger partial charge in [-0.1, -0.05) is 6.08 Å². The molecule has 10 nitrogen and oxygen atoms in total. The number of alkyl carbamates (subject to hydrolysis) is 1.